The summed E-state index contributed by atoms with van der Waals surface area (Å²) in [5.74, 6) is 0.755. The third-order valence-electron chi connectivity index (χ3n) is 5.79. The summed E-state index contributed by atoms with van der Waals surface area (Å²) >= 11 is 3.55. The van der Waals surface area contributed by atoms with Crippen molar-refractivity contribution in [1.29, 1.82) is 0 Å². The molecule has 0 radical (unpaired) electrons. The molecule has 2 aromatic carbocycles. The molecule has 0 spiro atoms. The maximum absolute atomic E-state index is 13.5. The summed E-state index contributed by atoms with van der Waals surface area (Å²) in [6, 6.07) is 13.9. The summed E-state index contributed by atoms with van der Waals surface area (Å²) in [5.41, 5.74) is 2.04. The van der Waals surface area contributed by atoms with Crippen molar-refractivity contribution >= 4 is 25.8 Å². The minimum atomic E-state index is -3.43. The van der Waals surface area contributed by atoms with E-state index in [9.17, 15) is 8.42 Å². The molecule has 0 bridgehead atoms. The van der Waals surface area contributed by atoms with Gasteiger partial charge in [-0.1, -0.05) is 50.1 Å². The summed E-state index contributed by atoms with van der Waals surface area (Å²) in [5, 5.41) is -0.401. The van der Waals surface area contributed by atoms with Crippen molar-refractivity contribution in [2.24, 2.45) is 5.92 Å². The number of hydrogen-bond donors (Lipinski definition) is 0. The van der Waals surface area contributed by atoms with Gasteiger partial charge in [0, 0.05) is 12.0 Å². The van der Waals surface area contributed by atoms with E-state index in [4.69, 9.17) is 4.74 Å². The smallest absolute Gasteiger partial charge is 0.181 e. The minimum Gasteiger partial charge on any atom is -0.496 e. The zero-order valence-electron chi connectivity index (χ0n) is 16.1. The van der Waals surface area contributed by atoms with Gasteiger partial charge >= 0.3 is 0 Å². The van der Waals surface area contributed by atoms with Crippen molar-refractivity contribution in [3.63, 3.8) is 0 Å². The topological polar surface area (TPSA) is 43.4 Å². The quantitative estimate of drug-likeness (QED) is 0.563. The zero-order valence-corrected chi connectivity index (χ0v) is 18.5. The van der Waals surface area contributed by atoms with Gasteiger partial charge in [-0.3, -0.25) is 0 Å². The second-order valence-electron chi connectivity index (χ2n) is 7.38. The van der Waals surface area contributed by atoms with E-state index in [1.165, 1.54) is 5.56 Å². The lowest BCUT2D eigenvalue weighted by molar-refractivity contribution is 0.404. The van der Waals surface area contributed by atoms with Crippen LogP contribution in [0.3, 0.4) is 0 Å². The maximum Gasteiger partial charge on any atom is 0.181 e. The Bertz CT molecular complexity index is 893. The Morgan fingerprint density at radius 3 is 2.52 bits per heavy atom. The number of methoxy groups -OCH3 is 1. The van der Waals surface area contributed by atoms with E-state index in [-0.39, 0.29) is 11.8 Å². The predicted molar refractivity (Wildman–Crippen MR) is 113 cm³/mol. The molecule has 27 heavy (non-hydrogen) atoms. The van der Waals surface area contributed by atoms with Crippen LogP contribution in [0.1, 0.15) is 56.6 Å². The number of ether oxygens (including phenoxy) is 1. The molecule has 146 valence electrons. The van der Waals surface area contributed by atoms with Crippen LogP contribution in [-0.2, 0) is 9.84 Å². The van der Waals surface area contributed by atoms with Crippen molar-refractivity contribution < 1.29 is 13.2 Å². The lowest BCUT2D eigenvalue weighted by atomic mass is 9.81. The third-order valence-corrected chi connectivity index (χ3v) is 8.74. The third kappa shape index (κ3) is 3.95. The summed E-state index contributed by atoms with van der Waals surface area (Å²) in [6.07, 6.45) is 3.91. The SMILES string of the molecule is CCCCC1CC(c2ccccc2)c2cc(Br)c(OC)cc2S(=O)(=O)C1C. The van der Waals surface area contributed by atoms with Gasteiger partial charge in [0.15, 0.2) is 9.84 Å². The van der Waals surface area contributed by atoms with Crippen molar-refractivity contribution in [2.75, 3.05) is 7.11 Å². The van der Waals surface area contributed by atoms with E-state index in [0.717, 1.165) is 35.7 Å². The Kier molecular flexibility index (Phi) is 6.32. The van der Waals surface area contributed by atoms with Gasteiger partial charge in [-0.15, -0.1) is 0 Å². The van der Waals surface area contributed by atoms with Gasteiger partial charge in [0.2, 0.25) is 0 Å². The highest BCUT2D eigenvalue weighted by Crippen LogP contribution is 2.46. The minimum absolute atomic E-state index is 0.0602. The van der Waals surface area contributed by atoms with Gasteiger partial charge in [-0.2, -0.15) is 0 Å². The van der Waals surface area contributed by atoms with Crippen LogP contribution in [0.4, 0.5) is 0 Å². The summed E-state index contributed by atoms with van der Waals surface area (Å²) < 4.78 is 33.2. The van der Waals surface area contributed by atoms with E-state index >= 15 is 0 Å². The van der Waals surface area contributed by atoms with Gasteiger partial charge in [0.05, 0.1) is 21.7 Å². The second kappa shape index (κ2) is 8.36. The van der Waals surface area contributed by atoms with Crippen molar-refractivity contribution in [3.8, 4) is 5.75 Å². The first-order chi connectivity index (χ1) is 12.9. The van der Waals surface area contributed by atoms with Crippen LogP contribution in [-0.4, -0.2) is 20.8 Å². The average molecular weight is 451 g/mol. The molecule has 0 aromatic heterocycles. The first kappa shape index (κ1) is 20.4. The van der Waals surface area contributed by atoms with Crippen LogP contribution in [0.15, 0.2) is 51.8 Å². The van der Waals surface area contributed by atoms with Gasteiger partial charge in [0.25, 0.3) is 0 Å². The molecule has 0 fully saturated rings. The lowest BCUT2D eigenvalue weighted by Crippen LogP contribution is -2.26. The highest BCUT2D eigenvalue weighted by molar-refractivity contribution is 9.10. The number of hydrogen-bond acceptors (Lipinski definition) is 3. The lowest BCUT2D eigenvalue weighted by Gasteiger charge is -2.24. The molecular formula is C22H27BrO3S. The van der Waals surface area contributed by atoms with Gasteiger partial charge in [-0.25, -0.2) is 8.42 Å². The Hall–Kier alpha value is -1.33. The van der Waals surface area contributed by atoms with E-state index < -0.39 is 15.1 Å². The molecule has 3 unspecified atom stereocenters. The molecule has 0 saturated carbocycles. The normalized spacial score (nSPS) is 24.1. The number of unbranched alkanes of at least 4 members (excludes halogenated alkanes) is 1. The predicted octanol–water partition coefficient (Wildman–Crippen LogP) is 5.96. The fourth-order valence-electron chi connectivity index (χ4n) is 4.12. The van der Waals surface area contributed by atoms with Gasteiger partial charge in [-0.05, 0) is 58.8 Å². The van der Waals surface area contributed by atoms with E-state index in [0.29, 0.717) is 10.6 Å². The fraction of sp³-hybridized carbons (Fsp3) is 0.455. The van der Waals surface area contributed by atoms with Crippen LogP contribution in [0, 0.1) is 5.92 Å². The first-order valence-corrected chi connectivity index (χ1v) is 11.9. The Labute approximate surface area is 171 Å². The molecule has 0 aliphatic carbocycles. The molecular weight excluding hydrogens is 424 g/mol. The standard InChI is InChI=1S/C22H27BrO3S/c1-4-5-9-17-12-18(16-10-7-6-8-11-16)19-13-20(23)21(26-3)14-22(19)27(24,25)15(17)2/h6-8,10-11,13-15,17-18H,4-5,9,12H2,1-3H3. The zero-order chi connectivity index (χ0) is 19.6. The Morgan fingerprint density at radius 2 is 1.89 bits per heavy atom. The molecule has 0 N–H and O–H groups in total. The van der Waals surface area contributed by atoms with Crippen LogP contribution in [0.5, 0.6) is 5.75 Å². The second-order valence-corrected chi connectivity index (χ2v) is 10.5. The van der Waals surface area contributed by atoms with E-state index in [1.54, 1.807) is 13.2 Å². The molecule has 3 nitrogen and oxygen atoms in total. The summed E-state index contributed by atoms with van der Waals surface area (Å²) in [4.78, 5) is 0.419. The van der Waals surface area contributed by atoms with Crippen molar-refractivity contribution in [1.82, 2.24) is 0 Å². The van der Waals surface area contributed by atoms with Crippen molar-refractivity contribution in [3.05, 3.63) is 58.1 Å². The molecule has 3 rings (SSSR count). The summed E-state index contributed by atoms with van der Waals surface area (Å²) in [7, 11) is -1.86. The van der Waals surface area contributed by atoms with E-state index in [1.807, 2.05) is 31.2 Å². The Morgan fingerprint density at radius 1 is 1.19 bits per heavy atom. The highest BCUT2D eigenvalue weighted by atomic mass is 79.9. The van der Waals surface area contributed by atoms with Crippen LogP contribution < -0.4 is 4.74 Å². The number of fused-ring (bicyclic) bond motifs is 1. The highest BCUT2D eigenvalue weighted by Gasteiger charge is 2.39. The monoisotopic (exact) mass is 450 g/mol. The van der Waals surface area contributed by atoms with Gasteiger partial charge in [0.1, 0.15) is 5.75 Å². The fourth-order valence-corrected chi connectivity index (χ4v) is 6.60. The molecule has 1 aliphatic rings. The van der Waals surface area contributed by atoms with Crippen LogP contribution in [0.25, 0.3) is 0 Å². The molecule has 1 aliphatic heterocycles. The molecule has 1 heterocycles. The molecule has 5 heteroatoms. The van der Waals surface area contributed by atoms with Crippen LogP contribution in [0.2, 0.25) is 0 Å². The molecule has 0 saturated heterocycles. The molecule has 2 aromatic rings. The van der Waals surface area contributed by atoms with Crippen molar-refractivity contribution in [2.45, 2.75) is 55.6 Å². The average Bonchev–Trinajstić information content (AvgIpc) is 2.74. The first-order valence-electron chi connectivity index (χ1n) is 9.56. The Balaban J connectivity index is 2.22. The number of benzene rings is 2. The number of rotatable bonds is 5. The maximum atomic E-state index is 13.5. The number of sulfone groups is 1. The molecule has 3 atom stereocenters. The van der Waals surface area contributed by atoms with Crippen LogP contribution >= 0.6 is 15.9 Å². The number of halogens is 1. The van der Waals surface area contributed by atoms with Gasteiger partial charge < -0.3 is 4.74 Å². The largest absolute Gasteiger partial charge is 0.496 e. The summed E-state index contributed by atoms with van der Waals surface area (Å²) in [6.45, 7) is 4.03. The molecule has 0 amide bonds. The van der Waals surface area contributed by atoms with E-state index in [2.05, 4.69) is 35.0 Å².